The summed E-state index contributed by atoms with van der Waals surface area (Å²) < 4.78 is 7.94. The number of nitrogens with zero attached hydrogens (tertiary/aromatic N) is 2. The molecular formula is C11H17N3O. The predicted octanol–water partition coefficient (Wildman–Crippen LogP) is 0.917. The first-order valence-electron chi connectivity index (χ1n) is 5.73. The lowest BCUT2D eigenvalue weighted by molar-refractivity contribution is 0.102. The second-order valence-electron chi connectivity index (χ2n) is 4.35. The molecule has 15 heavy (non-hydrogen) atoms. The number of nitrogens with one attached hydrogen (secondary N) is 1. The first kappa shape index (κ1) is 9.36. The fourth-order valence-corrected chi connectivity index (χ4v) is 2.55. The van der Waals surface area contributed by atoms with Gasteiger partial charge in [-0.3, -0.25) is 0 Å². The van der Waals surface area contributed by atoms with E-state index in [2.05, 4.69) is 16.9 Å². The van der Waals surface area contributed by atoms with E-state index in [0.29, 0.717) is 0 Å². The minimum absolute atomic E-state index is 0.237. The Morgan fingerprint density at radius 3 is 3.20 bits per heavy atom. The van der Waals surface area contributed by atoms with Crippen LogP contribution in [0.3, 0.4) is 0 Å². The summed E-state index contributed by atoms with van der Waals surface area (Å²) in [6, 6.07) is 0. The number of hydrogen-bond acceptors (Lipinski definition) is 3. The Bertz CT molecular complexity index is 366. The van der Waals surface area contributed by atoms with E-state index in [9.17, 15) is 0 Å². The van der Waals surface area contributed by atoms with E-state index in [0.717, 1.165) is 38.4 Å². The zero-order valence-electron chi connectivity index (χ0n) is 9.12. The van der Waals surface area contributed by atoms with E-state index in [1.54, 1.807) is 0 Å². The number of rotatable bonds is 1. The zero-order chi connectivity index (χ0) is 10.3. The van der Waals surface area contributed by atoms with Crippen molar-refractivity contribution in [2.45, 2.75) is 31.9 Å². The first-order chi connectivity index (χ1) is 7.36. The molecule has 1 fully saturated rings. The number of fused-ring (bicyclic) bond motifs is 1. The molecule has 1 aromatic heterocycles. The Kier molecular flexibility index (Phi) is 2.25. The highest BCUT2D eigenvalue weighted by Crippen LogP contribution is 2.29. The van der Waals surface area contributed by atoms with Crippen molar-refractivity contribution in [3.63, 3.8) is 0 Å². The van der Waals surface area contributed by atoms with Gasteiger partial charge >= 0.3 is 0 Å². The maximum Gasteiger partial charge on any atom is 0.138 e. The molecule has 2 aliphatic rings. The Morgan fingerprint density at radius 1 is 1.53 bits per heavy atom. The summed E-state index contributed by atoms with van der Waals surface area (Å²) in [5, 5.41) is 3.36. The molecule has 0 amide bonds. The highest BCUT2D eigenvalue weighted by molar-refractivity contribution is 5.21. The van der Waals surface area contributed by atoms with Crippen molar-refractivity contribution < 1.29 is 4.74 Å². The lowest BCUT2D eigenvalue weighted by atomic mass is 10.2. The van der Waals surface area contributed by atoms with E-state index in [1.165, 1.54) is 17.8 Å². The molecule has 0 spiro atoms. The van der Waals surface area contributed by atoms with Crippen LogP contribution in [0.1, 0.15) is 36.2 Å². The van der Waals surface area contributed by atoms with Crippen molar-refractivity contribution in [1.82, 2.24) is 14.9 Å². The first-order valence-corrected chi connectivity index (χ1v) is 5.73. The van der Waals surface area contributed by atoms with Gasteiger partial charge in [-0.25, -0.2) is 4.98 Å². The van der Waals surface area contributed by atoms with Crippen LogP contribution in [0.15, 0.2) is 0 Å². The Balaban J connectivity index is 1.97. The number of hydrogen-bond donors (Lipinski definition) is 1. The molecule has 0 saturated carbocycles. The molecule has 1 N–H and O–H groups in total. The van der Waals surface area contributed by atoms with Crippen LogP contribution in [-0.2, 0) is 24.8 Å². The average molecular weight is 207 g/mol. The van der Waals surface area contributed by atoms with Crippen LogP contribution in [0.4, 0.5) is 0 Å². The van der Waals surface area contributed by atoms with Crippen molar-refractivity contribution in [2.24, 2.45) is 7.05 Å². The third-order valence-corrected chi connectivity index (χ3v) is 3.38. The Hall–Kier alpha value is -0.870. The minimum atomic E-state index is 0.237. The normalized spacial score (nSPS) is 25.5. The lowest BCUT2D eigenvalue weighted by Gasteiger charge is -2.13. The van der Waals surface area contributed by atoms with Crippen LogP contribution in [0, 0.1) is 0 Å². The average Bonchev–Trinajstić information content (AvgIpc) is 2.87. The van der Waals surface area contributed by atoms with Gasteiger partial charge in [0.2, 0.25) is 0 Å². The second-order valence-corrected chi connectivity index (χ2v) is 4.35. The second kappa shape index (κ2) is 3.61. The van der Waals surface area contributed by atoms with E-state index >= 15 is 0 Å². The molecule has 1 aromatic rings. The summed E-state index contributed by atoms with van der Waals surface area (Å²) in [4.78, 5) is 4.71. The summed E-state index contributed by atoms with van der Waals surface area (Å²) in [7, 11) is 2.12. The summed E-state index contributed by atoms with van der Waals surface area (Å²) in [6.45, 7) is 2.87. The number of imidazole rings is 1. The van der Waals surface area contributed by atoms with Gasteiger partial charge in [-0.2, -0.15) is 0 Å². The molecule has 0 radical (unpaired) electrons. The van der Waals surface area contributed by atoms with Gasteiger partial charge in [0.1, 0.15) is 11.9 Å². The molecule has 0 aliphatic carbocycles. The zero-order valence-corrected chi connectivity index (χ0v) is 9.12. The van der Waals surface area contributed by atoms with Crippen LogP contribution in [-0.4, -0.2) is 22.7 Å². The van der Waals surface area contributed by atoms with Gasteiger partial charge in [-0.15, -0.1) is 0 Å². The fourth-order valence-electron chi connectivity index (χ4n) is 2.55. The minimum Gasteiger partial charge on any atom is -0.370 e. The van der Waals surface area contributed by atoms with E-state index in [4.69, 9.17) is 9.72 Å². The third-order valence-electron chi connectivity index (χ3n) is 3.38. The van der Waals surface area contributed by atoms with Crippen molar-refractivity contribution in [2.75, 3.05) is 13.2 Å². The van der Waals surface area contributed by atoms with Crippen molar-refractivity contribution in [3.8, 4) is 0 Å². The topological polar surface area (TPSA) is 39.1 Å². The van der Waals surface area contributed by atoms with Crippen LogP contribution < -0.4 is 5.32 Å². The maximum absolute atomic E-state index is 5.69. The summed E-state index contributed by atoms with van der Waals surface area (Å²) in [5.74, 6) is 1.13. The third kappa shape index (κ3) is 1.48. The summed E-state index contributed by atoms with van der Waals surface area (Å²) in [5.41, 5.74) is 2.61. The number of ether oxygens (including phenoxy) is 1. The van der Waals surface area contributed by atoms with E-state index < -0.39 is 0 Å². The van der Waals surface area contributed by atoms with Gasteiger partial charge in [0.15, 0.2) is 0 Å². The molecule has 82 valence electrons. The van der Waals surface area contributed by atoms with Crippen molar-refractivity contribution in [1.29, 1.82) is 0 Å². The molecule has 3 rings (SSSR count). The quantitative estimate of drug-likeness (QED) is 0.744. The fraction of sp³-hybridized carbons (Fsp3) is 0.727. The molecule has 1 atom stereocenters. The maximum atomic E-state index is 5.69. The molecular weight excluding hydrogens is 190 g/mol. The molecule has 3 heterocycles. The van der Waals surface area contributed by atoms with Gasteiger partial charge in [0, 0.05) is 38.9 Å². The Morgan fingerprint density at radius 2 is 2.47 bits per heavy atom. The Labute approximate surface area is 89.6 Å². The van der Waals surface area contributed by atoms with Gasteiger partial charge in [-0.05, 0) is 12.8 Å². The van der Waals surface area contributed by atoms with E-state index in [-0.39, 0.29) is 6.10 Å². The molecule has 1 unspecified atom stereocenters. The highest BCUT2D eigenvalue weighted by atomic mass is 16.5. The smallest absolute Gasteiger partial charge is 0.138 e. The van der Waals surface area contributed by atoms with E-state index in [1.807, 2.05) is 0 Å². The SMILES string of the molecule is Cn1c(C2CCCO2)nc2c1CCNC2. The lowest BCUT2D eigenvalue weighted by Crippen LogP contribution is -2.24. The van der Waals surface area contributed by atoms with Gasteiger partial charge in [0.05, 0.1) is 5.69 Å². The molecule has 4 nitrogen and oxygen atoms in total. The van der Waals surface area contributed by atoms with Crippen LogP contribution in [0.5, 0.6) is 0 Å². The van der Waals surface area contributed by atoms with Gasteiger partial charge < -0.3 is 14.6 Å². The van der Waals surface area contributed by atoms with Crippen molar-refractivity contribution in [3.05, 3.63) is 17.2 Å². The largest absolute Gasteiger partial charge is 0.370 e. The molecule has 0 bridgehead atoms. The van der Waals surface area contributed by atoms with Crippen LogP contribution in [0.25, 0.3) is 0 Å². The highest BCUT2D eigenvalue weighted by Gasteiger charge is 2.26. The van der Waals surface area contributed by atoms with Crippen LogP contribution in [0.2, 0.25) is 0 Å². The summed E-state index contributed by atoms with van der Waals surface area (Å²) >= 11 is 0. The predicted molar refractivity (Wildman–Crippen MR) is 56.5 cm³/mol. The standard InChI is InChI=1S/C11H17N3O/c1-14-9-4-5-12-7-8(9)13-11(14)10-3-2-6-15-10/h10,12H,2-7H2,1H3. The van der Waals surface area contributed by atoms with Crippen molar-refractivity contribution >= 4 is 0 Å². The van der Waals surface area contributed by atoms with Gasteiger partial charge in [0.25, 0.3) is 0 Å². The van der Waals surface area contributed by atoms with Crippen LogP contribution >= 0.6 is 0 Å². The van der Waals surface area contributed by atoms with Gasteiger partial charge in [-0.1, -0.05) is 0 Å². The monoisotopic (exact) mass is 207 g/mol. The molecule has 1 saturated heterocycles. The molecule has 2 aliphatic heterocycles. The number of aromatic nitrogens is 2. The molecule has 4 heteroatoms. The molecule has 0 aromatic carbocycles. The summed E-state index contributed by atoms with van der Waals surface area (Å²) in [6.07, 6.45) is 3.61.